The molecular weight excluding hydrogens is 623 g/mol. The third-order valence-electron chi connectivity index (χ3n) is 7.68. The van der Waals surface area contributed by atoms with Gasteiger partial charge in [0, 0.05) is 34.6 Å². The predicted octanol–water partition coefficient (Wildman–Crippen LogP) is 4.15. The number of nitrogens with one attached hydrogen (secondary N) is 3. The molecule has 0 unspecified atom stereocenters. The van der Waals surface area contributed by atoms with Crippen LogP contribution in [-0.4, -0.2) is 69.2 Å². The largest absolute Gasteiger partial charge is 0.372 e. The topological polar surface area (TPSA) is 117 Å². The van der Waals surface area contributed by atoms with Crippen LogP contribution in [0.3, 0.4) is 0 Å². The first-order valence-electron chi connectivity index (χ1n) is 14.0. The van der Waals surface area contributed by atoms with E-state index >= 15 is 0 Å². The van der Waals surface area contributed by atoms with Gasteiger partial charge in [-0.3, -0.25) is 9.59 Å². The Hall–Kier alpha value is -1.92. The average Bonchev–Trinajstić information content (AvgIpc) is 3.39. The van der Waals surface area contributed by atoms with E-state index in [0.29, 0.717) is 39.4 Å². The van der Waals surface area contributed by atoms with E-state index < -0.39 is 34.1 Å². The van der Waals surface area contributed by atoms with E-state index in [1.54, 1.807) is 30.3 Å². The molecule has 9 nitrogen and oxygen atoms in total. The van der Waals surface area contributed by atoms with Crippen LogP contribution in [0.2, 0.25) is 15.1 Å². The van der Waals surface area contributed by atoms with E-state index in [1.165, 1.54) is 4.90 Å². The number of hydrogen-bond acceptors (Lipinski definition) is 6. The minimum Gasteiger partial charge on any atom is -0.372 e. The molecule has 0 saturated carbocycles. The van der Waals surface area contributed by atoms with E-state index in [0.717, 1.165) is 37.8 Å². The molecule has 4 rings (SSSR count). The van der Waals surface area contributed by atoms with Crippen molar-refractivity contribution < 1.29 is 22.7 Å². The lowest BCUT2D eigenvalue weighted by atomic mass is 9.91. The van der Waals surface area contributed by atoms with Crippen LogP contribution in [0.15, 0.2) is 42.5 Å². The second kappa shape index (κ2) is 15.2. The summed E-state index contributed by atoms with van der Waals surface area (Å²) < 4.78 is 33.2. The molecule has 0 aliphatic carbocycles. The van der Waals surface area contributed by atoms with Crippen molar-refractivity contribution in [3.63, 3.8) is 0 Å². The van der Waals surface area contributed by atoms with Gasteiger partial charge in [0.05, 0.1) is 19.0 Å². The molecule has 2 fully saturated rings. The second-order valence-corrected chi connectivity index (χ2v) is 14.0. The lowest BCUT2D eigenvalue weighted by molar-refractivity contribution is -0.140. The number of benzene rings is 2. The number of piperidine rings is 1. The molecule has 42 heavy (non-hydrogen) atoms. The van der Waals surface area contributed by atoms with Crippen LogP contribution in [0.1, 0.15) is 43.2 Å². The van der Waals surface area contributed by atoms with Crippen molar-refractivity contribution in [3.8, 4) is 0 Å². The number of rotatable bonds is 12. The van der Waals surface area contributed by atoms with Crippen LogP contribution in [0.5, 0.6) is 0 Å². The van der Waals surface area contributed by atoms with Crippen molar-refractivity contribution in [3.05, 3.63) is 68.7 Å². The van der Waals surface area contributed by atoms with E-state index in [1.807, 2.05) is 12.1 Å². The lowest BCUT2D eigenvalue weighted by Crippen LogP contribution is -2.53. The summed E-state index contributed by atoms with van der Waals surface area (Å²) in [5, 5.41) is 7.75. The molecule has 2 amide bonds. The van der Waals surface area contributed by atoms with Crippen molar-refractivity contribution in [2.45, 2.75) is 63.4 Å². The maximum Gasteiger partial charge on any atom is 0.243 e. The number of carbonyl (C=O) groups excluding carboxylic acids is 2. The molecule has 2 aromatic rings. The van der Waals surface area contributed by atoms with Gasteiger partial charge in [0.25, 0.3) is 0 Å². The summed E-state index contributed by atoms with van der Waals surface area (Å²) in [6.07, 6.45) is 3.86. The van der Waals surface area contributed by atoms with Gasteiger partial charge in [-0.15, -0.1) is 0 Å². The van der Waals surface area contributed by atoms with Gasteiger partial charge >= 0.3 is 0 Å². The van der Waals surface area contributed by atoms with Crippen LogP contribution in [-0.2, 0) is 37.5 Å². The van der Waals surface area contributed by atoms with Crippen molar-refractivity contribution >= 4 is 56.6 Å². The minimum absolute atomic E-state index is 0.119. The number of ether oxygens (including phenoxy) is 1. The molecule has 2 saturated heterocycles. The van der Waals surface area contributed by atoms with E-state index in [4.69, 9.17) is 39.5 Å². The Morgan fingerprint density at radius 2 is 1.76 bits per heavy atom. The standard InChI is InChI=1S/C29H37Cl3N4O5S/c1-42(39,40)35-26(9-4-19-10-12-33-13-11-19)29(38)36-17-24(41-18-20-2-5-22(30)6-3-20)15-27(36)28(37)34-16-21-14-23(31)7-8-25(21)32/h2-3,5-8,14,19,24,26-27,33,35H,4,9-13,15-18H2,1H3,(H,34,37)/t24-,26-,27+/m1/s1. The van der Waals surface area contributed by atoms with Gasteiger partial charge in [0.1, 0.15) is 12.1 Å². The summed E-state index contributed by atoms with van der Waals surface area (Å²) in [4.78, 5) is 28.9. The summed E-state index contributed by atoms with van der Waals surface area (Å²) in [7, 11) is -3.69. The fourth-order valence-electron chi connectivity index (χ4n) is 5.45. The Labute approximate surface area is 262 Å². The summed E-state index contributed by atoms with van der Waals surface area (Å²) in [6, 6.07) is 10.4. The van der Waals surface area contributed by atoms with Gasteiger partial charge < -0.3 is 20.3 Å². The molecule has 2 heterocycles. The van der Waals surface area contributed by atoms with Gasteiger partial charge in [-0.1, -0.05) is 46.9 Å². The Kier molecular flexibility index (Phi) is 11.9. The summed E-state index contributed by atoms with van der Waals surface area (Å²) in [5.41, 5.74) is 1.54. The highest BCUT2D eigenvalue weighted by Gasteiger charge is 2.42. The van der Waals surface area contributed by atoms with E-state index in [9.17, 15) is 18.0 Å². The number of amides is 2. The first kappa shape index (κ1) is 33.0. The number of hydrogen-bond donors (Lipinski definition) is 3. The predicted molar refractivity (Wildman–Crippen MR) is 165 cm³/mol. The van der Waals surface area contributed by atoms with Crippen molar-refractivity contribution in [2.24, 2.45) is 5.92 Å². The van der Waals surface area contributed by atoms with E-state index in [2.05, 4.69) is 15.4 Å². The minimum atomic E-state index is -3.69. The molecule has 0 spiro atoms. The summed E-state index contributed by atoms with van der Waals surface area (Å²) >= 11 is 18.4. The SMILES string of the molecule is CS(=O)(=O)N[C@H](CCC1CCNCC1)C(=O)N1C[C@H](OCc2ccc(Cl)cc2)C[C@H]1C(=O)NCc1cc(Cl)ccc1Cl. The zero-order valence-corrected chi connectivity index (χ0v) is 26.5. The molecule has 0 radical (unpaired) electrons. The highest BCUT2D eigenvalue weighted by molar-refractivity contribution is 7.88. The first-order chi connectivity index (χ1) is 20.0. The van der Waals surface area contributed by atoms with Crippen molar-refractivity contribution in [2.75, 3.05) is 25.9 Å². The third-order valence-corrected chi connectivity index (χ3v) is 9.25. The monoisotopic (exact) mass is 658 g/mol. The van der Waals surface area contributed by atoms with Gasteiger partial charge in [0.2, 0.25) is 21.8 Å². The first-order valence-corrected chi connectivity index (χ1v) is 17.1. The molecule has 3 atom stereocenters. The van der Waals surface area contributed by atoms with Crippen molar-refractivity contribution in [1.29, 1.82) is 0 Å². The number of nitrogens with zero attached hydrogens (tertiary/aromatic N) is 1. The van der Waals surface area contributed by atoms with Gasteiger partial charge in [-0.25, -0.2) is 13.1 Å². The normalized spacial score (nSPS) is 20.4. The fraction of sp³-hybridized carbons (Fsp3) is 0.517. The number of sulfonamides is 1. The molecule has 13 heteroatoms. The molecule has 2 aliphatic rings. The van der Waals surface area contributed by atoms with Crippen LogP contribution < -0.4 is 15.4 Å². The fourth-order valence-corrected chi connectivity index (χ4v) is 6.69. The second-order valence-electron chi connectivity index (χ2n) is 11.0. The molecule has 0 aromatic heterocycles. The zero-order chi connectivity index (χ0) is 30.3. The maximum atomic E-state index is 13.9. The molecule has 230 valence electrons. The maximum absolute atomic E-state index is 13.9. The lowest BCUT2D eigenvalue weighted by Gasteiger charge is -2.30. The number of halogens is 3. The van der Waals surface area contributed by atoms with Crippen molar-refractivity contribution in [1.82, 2.24) is 20.3 Å². The Morgan fingerprint density at radius 1 is 1.07 bits per heavy atom. The highest BCUT2D eigenvalue weighted by atomic mass is 35.5. The van der Waals surface area contributed by atoms with Crippen LogP contribution in [0.25, 0.3) is 0 Å². The third kappa shape index (κ3) is 9.80. The molecule has 2 aliphatic heterocycles. The smallest absolute Gasteiger partial charge is 0.243 e. The van der Waals surface area contributed by atoms with Gasteiger partial charge in [0.15, 0.2) is 0 Å². The number of likely N-dealkylation sites (tertiary alicyclic amines) is 1. The van der Waals surface area contributed by atoms with Crippen LogP contribution in [0.4, 0.5) is 0 Å². The average molecular weight is 660 g/mol. The zero-order valence-electron chi connectivity index (χ0n) is 23.5. The van der Waals surface area contributed by atoms with Gasteiger partial charge in [-0.05, 0) is 86.1 Å². The Bertz CT molecular complexity index is 1340. The highest BCUT2D eigenvalue weighted by Crippen LogP contribution is 2.26. The summed E-state index contributed by atoms with van der Waals surface area (Å²) in [6.45, 7) is 2.35. The number of carbonyl (C=O) groups is 2. The van der Waals surface area contributed by atoms with E-state index in [-0.39, 0.29) is 32.0 Å². The van der Waals surface area contributed by atoms with Crippen LogP contribution in [0, 0.1) is 5.92 Å². The molecule has 0 bridgehead atoms. The van der Waals surface area contributed by atoms with Crippen LogP contribution >= 0.6 is 34.8 Å². The molecule has 3 N–H and O–H groups in total. The molecule has 2 aromatic carbocycles. The molecular formula is C29H37Cl3N4O5S. The van der Waals surface area contributed by atoms with Gasteiger partial charge in [-0.2, -0.15) is 0 Å². The summed E-state index contributed by atoms with van der Waals surface area (Å²) in [5.74, 6) is -0.417. The quantitative estimate of drug-likeness (QED) is 0.315. The Morgan fingerprint density at radius 3 is 2.45 bits per heavy atom. The Balaban J connectivity index is 1.50.